The molecule has 1 aromatic carbocycles. The van der Waals surface area contributed by atoms with Crippen LogP contribution in [0.2, 0.25) is 0 Å². The highest BCUT2D eigenvalue weighted by atomic mass is 15.1. The van der Waals surface area contributed by atoms with Crippen LogP contribution in [0.4, 0.5) is 5.69 Å². The SMILES string of the molecule is CCNCc1ccc(N(C)CC(C)(C)C)cc1C. The second-order valence-corrected chi connectivity index (χ2v) is 6.31. The Hall–Kier alpha value is -1.02. The van der Waals surface area contributed by atoms with E-state index in [4.69, 9.17) is 0 Å². The van der Waals surface area contributed by atoms with Crippen molar-refractivity contribution < 1.29 is 0 Å². The van der Waals surface area contributed by atoms with Crippen molar-refractivity contribution >= 4 is 5.69 Å². The molecule has 2 nitrogen and oxygen atoms in total. The standard InChI is InChI=1S/C16H28N2/c1-7-17-11-14-8-9-15(10-13(14)2)18(6)12-16(3,4)5/h8-10,17H,7,11-12H2,1-6H3. The zero-order valence-electron chi connectivity index (χ0n) is 12.8. The highest BCUT2D eigenvalue weighted by Crippen LogP contribution is 2.22. The third-order valence-corrected chi connectivity index (χ3v) is 3.04. The molecule has 0 fully saturated rings. The number of benzene rings is 1. The van der Waals surface area contributed by atoms with E-state index in [0.29, 0.717) is 5.41 Å². The van der Waals surface area contributed by atoms with E-state index >= 15 is 0 Å². The molecule has 0 bridgehead atoms. The monoisotopic (exact) mass is 248 g/mol. The van der Waals surface area contributed by atoms with Gasteiger partial charge < -0.3 is 10.2 Å². The molecule has 1 rings (SSSR count). The second kappa shape index (κ2) is 6.24. The van der Waals surface area contributed by atoms with Gasteiger partial charge in [-0.25, -0.2) is 0 Å². The van der Waals surface area contributed by atoms with Crippen molar-refractivity contribution in [2.45, 2.75) is 41.2 Å². The molecule has 0 unspecified atom stereocenters. The second-order valence-electron chi connectivity index (χ2n) is 6.31. The van der Waals surface area contributed by atoms with E-state index in [0.717, 1.165) is 19.6 Å². The molecule has 1 N–H and O–H groups in total. The Morgan fingerprint density at radius 1 is 1.22 bits per heavy atom. The van der Waals surface area contributed by atoms with Crippen molar-refractivity contribution in [1.29, 1.82) is 0 Å². The van der Waals surface area contributed by atoms with Crippen LogP contribution in [0, 0.1) is 12.3 Å². The van der Waals surface area contributed by atoms with Crippen LogP contribution in [0.25, 0.3) is 0 Å². The minimum absolute atomic E-state index is 0.324. The first-order valence-electron chi connectivity index (χ1n) is 6.85. The normalized spacial score (nSPS) is 11.7. The van der Waals surface area contributed by atoms with Crippen LogP contribution in [-0.2, 0) is 6.54 Å². The van der Waals surface area contributed by atoms with Gasteiger partial charge in [0.05, 0.1) is 0 Å². The van der Waals surface area contributed by atoms with E-state index in [1.54, 1.807) is 0 Å². The average molecular weight is 248 g/mol. The minimum Gasteiger partial charge on any atom is -0.374 e. The predicted molar refractivity (Wildman–Crippen MR) is 81.3 cm³/mol. The van der Waals surface area contributed by atoms with Gasteiger partial charge in [-0.3, -0.25) is 0 Å². The van der Waals surface area contributed by atoms with Gasteiger partial charge in [0.25, 0.3) is 0 Å². The highest BCUT2D eigenvalue weighted by molar-refractivity contribution is 5.50. The molecule has 0 saturated carbocycles. The summed E-state index contributed by atoms with van der Waals surface area (Å²) in [5, 5.41) is 3.38. The van der Waals surface area contributed by atoms with Crippen LogP contribution in [0.15, 0.2) is 18.2 Å². The molecule has 0 heterocycles. The molecule has 0 radical (unpaired) electrons. The molecule has 102 valence electrons. The zero-order chi connectivity index (χ0) is 13.8. The fourth-order valence-electron chi connectivity index (χ4n) is 2.18. The Labute approximate surface area is 112 Å². The molecule has 18 heavy (non-hydrogen) atoms. The number of rotatable bonds is 5. The quantitative estimate of drug-likeness (QED) is 0.856. The summed E-state index contributed by atoms with van der Waals surface area (Å²) in [6, 6.07) is 6.76. The first kappa shape index (κ1) is 15.0. The summed E-state index contributed by atoms with van der Waals surface area (Å²) < 4.78 is 0. The van der Waals surface area contributed by atoms with Crippen molar-refractivity contribution in [2.24, 2.45) is 5.41 Å². The van der Waals surface area contributed by atoms with Crippen molar-refractivity contribution in [3.8, 4) is 0 Å². The molecular weight excluding hydrogens is 220 g/mol. The maximum atomic E-state index is 3.38. The molecule has 0 amide bonds. The van der Waals surface area contributed by atoms with Crippen molar-refractivity contribution in [2.75, 3.05) is 25.0 Å². The lowest BCUT2D eigenvalue weighted by Gasteiger charge is -2.28. The van der Waals surface area contributed by atoms with Crippen molar-refractivity contribution in [1.82, 2.24) is 5.32 Å². The van der Waals surface area contributed by atoms with E-state index in [-0.39, 0.29) is 0 Å². The average Bonchev–Trinajstić information content (AvgIpc) is 2.25. The maximum Gasteiger partial charge on any atom is 0.0366 e. The third kappa shape index (κ3) is 4.69. The van der Waals surface area contributed by atoms with Gasteiger partial charge in [-0.15, -0.1) is 0 Å². The number of aryl methyl sites for hydroxylation is 1. The fraction of sp³-hybridized carbons (Fsp3) is 0.625. The van der Waals surface area contributed by atoms with Crippen LogP contribution in [0.5, 0.6) is 0 Å². The summed E-state index contributed by atoms with van der Waals surface area (Å²) in [6.45, 7) is 14.2. The van der Waals surface area contributed by atoms with Crippen LogP contribution in [0.1, 0.15) is 38.8 Å². The molecule has 0 aliphatic rings. The number of hydrogen-bond acceptors (Lipinski definition) is 2. The van der Waals surface area contributed by atoms with E-state index in [9.17, 15) is 0 Å². The van der Waals surface area contributed by atoms with E-state index in [1.165, 1.54) is 16.8 Å². The minimum atomic E-state index is 0.324. The van der Waals surface area contributed by atoms with E-state index < -0.39 is 0 Å². The van der Waals surface area contributed by atoms with E-state index in [1.807, 2.05) is 0 Å². The predicted octanol–water partition coefficient (Wildman–Crippen LogP) is 3.59. The molecule has 0 aliphatic carbocycles. The smallest absolute Gasteiger partial charge is 0.0366 e. The fourth-order valence-corrected chi connectivity index (χ4v) is 2.18. The van der Waals surface area contributed by atoms with E-state index in [2.05, 4.69) is 70.1 Å². The van der Waals surface area contributed by atoms with Gasteiger partial charge in [-0.1, -0.05) is 33.8 Å². The number of anilines is 1. The third-order valence-electron chi connectivity index (χ3n) is 3.04. The first-order valence-corrected chi connectivity index (χ1v) is 6.85. The molecular formula is C16H28N2. The van der Waals surface area contributed by atoms with Crippen molar-refractivity contribution in [3.05, 3.63) is 29.3 Å². The Morgan fingerprint density at radius 2 is 1.89 bits per heavy atom. The Kier molecular flexibility index (Phi) is 5.21. The molecule has 0 aliphatic heterocycles. The molecule has 1 aromatic rings. The first-order chi connectivity index (χ1) is 8.33. The van der Waals surface area contributed by atoms with Crippen LogP contribution in [-0.4, -0.2) is 20.1 Å². The molecule has 0 atom stereocenters. The lowest BCUT2D eigenvalue weighted by atomic mass is 9.96. The molecule has 0 spiro atoms. The maximum absolute atomic E-state index is 3.38. The molecule has 2 heteroatoms. The van der Waals surface area contributed by atoms with Gasteiger partial charge in [-0.05, 0) is 42.1 Å². The summed E-state index contributed by atoms with van der Waals surface area (Å²) in [6.07, 6.45) is 0. The topological polar surface area (TPSA) is 15.3 Å². The Balaban J connectivity index is 2.77. The molecule has 0 aromatic heterocycles. The highest BCUT2D eigenvalue weighted by Gasteiger charge is 2.14. The van der Waals surface area contributed by atoms with Crippen LogP contribution >= 0.6 is 0 Å². The number of nitrogens with one attached hydrogen (secondary N) is 1. The van der Waals surface area contributed by atoms with Gasteiger partial charge in [0, 0.05) is 25.8 Å². The summed E-state index contributed by atoms with van der Waals surface area (Å²) >= 11 is 0. The summed E-state index contributed by atoms with van der Waals surface area (Å²) in [7, 11) is 2.17. The van der Waals surface area contributed by atoms with Crippen molar-refractivity contribution in [3.63, 3.8) is 0 Å². The summed E-state index contributed by atoms with van der Waals surface area (Å²) in [4.78, 5) is 2.34. The van der Waals surface area contributed by atoms with Gasteiger partial charge in [0.1, 0.15) is 0 Å². The van der Waals surface area contributed by atoms with Gasteiger partial charge in [0.15, 0.2) is 0 Å². The van der Waals surface area contributed by atoms with Crippen LogP contribution < -0.4 is 10.2 Å². The van der Waals surface area contributed by atoms with Gasteiger partial charge in [0.2, 0.25) is 0 Å². The van der Waals surface area contributed by atoms with Crippen LogP contribution in [0.3, 0.4) is 0 Å². The van der Waals surface area contributed by atoms with Gasteiger partial charge >= 0.3 is 0 Å². The lowest BCUT2D eigenvalue weighted by Crippen LogP contribution is -2.29. The zero-order valence-corrected chi connectivity index (χ0v) is 12.8. The number of hydrogen-bond donors (Lipinski definition) is 1. The van der Waals surface area contributed by atoms with Gasteiger partial charge in [-0.2, -0.15) is 0 Å². The Morgan fingerprint density at radius 3 is 2.39 bits per heavy atom. The lowest BCUT2D eigenvalue weighted by molar-refractivity contribution is 0.419. The largest absolute Gasteiger partial charge is 0.374 e. The summed E-state index contributed by atoms with van der Waals surface area (Å²) in [5.41, 5.74) is 4.40. The number of nitrogens with zero attached hydrogens (tertiary/aromatic N) is 1. The summed E-state index contributed by atoms with van der Waals surface area (Å²) in [5.74, 6) is 0. The Bertz CT molecular complexity index is 377. The molecule has 0 saturated heterocycles.